The zero-order valence-corrected chi connectivity index (χ0v) is 9.43. The molecule has 0 bridgehead atoms. The van der Waals surface area contributed by atoms with Crippen molar-refractivity contribution < 1.29 is 0 Å². The van der Waals surface area contributed by atoms with Crippen molar-refractivity contribution in [2.45, 2.75) is 6.54 Å². The van der Waals surface area contributed by atoms with Gasteiger partial charge in [-0.1, -0.05) is 28.6 Å². The Labute approximate surface area is 87.2 Å². The van der Waals surface area contributed by atoms with Crippen LogP contribution in [0.5, 0.6) is 0 Å². The van der Waals surface area contributed by atoms with Crippen molar-refractivity contribution in [3.63, 3.8) is 0 Å². The molecule has 0 amide bonds. The van der Waals surface area contributed by atoms with Gasteiger partial charge in [-0.05, 0) is 22.0 Å². The summed E-state index contributed by atoms with van der Waals surface area (Å²) in [6, 6.07) is 5.04. The summed E-state index contributed by atoms with van der Waals surface area (Å²) in [6.45, 7) is 4.16. The number of halogens is 2. The maximum atomic E-state index is 11.2. The molecule has 0 aliphatic carbocycles. The van der Waals surface area contributed by atoms with E-state index >= 15 is 0 Å². The van der Waals surface area contributed by atoms with Crippen molar-refractivity contribution in [2.75, 3.05) is 0 Å². The first-order valence-corrected chi connectivity index (χ1v) is 4.88. The smallest absolute Gasteiger partial charge is 0.251 e. The maximum Gasteiger partial charge on any atom is 0.251 e. The Morgan fingerprint density at radius 3 is 2.75 bits per heavy atom. The van der Waals surface area contributed by atoms with Crippen LogP contribution in [0.1, 0.15) is 0 Å². The third-order valence-corrected chi connectivity index (χ3v) is 2.27. The molecule has 0 N–H and O–H groups in total. The number of nitrogens with zero attached hydrogens (tertiary/aromatic N) is 1. The molecular formula is C8H7Br2NO. The first-order valence-electron chi connectivity index (χ1n) is 3.30. The number of aromatic nitrogens is 1. The lowest BCUT2D eigenvalue weighted by Gasteiger charge is -2.05. The Morgan fingerprint density at radius 2 is 2.25 bits per heavy atom. The van der Waals surface area contributed by atoms with Crippen LogP contribution in [0.25, 0.3) is 0 Å². The molecule has 0 saturated carbocycles. The second-order valence-electron chi connectivity index (χ2n) is 2.29. The Hall–Kier alpha value is -0.350. The zero-order chi connectivity index (χ0) is 9.14. The Balaban J connectivity index is 3.13. The number of hydrogen-bond donors (Lipinski definition) is 0. The molecule has 1 rings (SSSR count). The van der Waals surface area contributed by atoms with Crippen molar-refractivity contribution in [1.29, 1.82) is 0 Å². The Kier molecular flexibility index (Phi) is 3.29. The molecule has 2 nitrogen and oxygen atoms in total. The molecule has 1 aromatic heterocycles. The van der Waals surface area contributed by atoms with Gasteiger partial charge in [0, 0.05) is 10.5 Å². The molecule has 0 saturated heterocycles. The minimum Gasteiger partial charge on any atom is -0.298 e. The SMILES string of the molecule is C=C(Br)Cn1c(Br)cccc1=O. The van der Waals surface area contributed by atoms with Crippen LogP contribution in [0.4, 0.5) is 0 Å². The molecule has 4 heteroatoms. The molecule has 0 spiro atoms. The quantitative estimate of drug-likeness (QED) is 0.768. The minimum absolute atomic E-state index is 0.0371. The van der Waals surface area contributed by atoms with E-state index in [1.807, 2.05) is 6.07 Å². The van der Waals surface area contributed by atoms with Gasteiger partial charge in [0.15, 0.2) is 0 Å². The lowest BCUT2D eigenvalue weighted by atomic mass is 10.4. The maximum absolute atomic E-state index is 11.2. The lowest BCUT2D eigenvalue weighted by Crippen LogP contribution is -2.19. The molecule has 64 valence electrons. The van der Waals surface area contributed by atoms with E-state index in [0.29, 0.717) is 6.54 Å². The molecule has 0 aliphatic rings. The second-order valence-corrected chi connectivity index (χ2v) is 4.22. The van der Waals surface area contributed by atoms with Gasteiger partial charge in [-0.25, -0.2) is 0 Å². The molecule has 0 aliphatic heterocycles. The molecule has 0 atom stereocenters. The van der Waals surface area contributed by atoms with E-state index in [1.54, 1.807) is 10.6 Å². The van der Waals surface area contributed by atoms with Crippen molar-refractivity contribution in [2.24, 2.45) is 0 Å². The lowest BCUT2D eigenvalue weighted by molar-refractivity contribution is 0.754. The monoisotopic (exact) mass is 291 g/mol. The van der Waals surface area contributed by atoms with Gasteiger partial charge in [-0.15, -0.1) is 0 Å². The number of pyridine rings is 1. The Morgan fingerprint density at radius 1 is 1.58 bits per heavy atom. The summed E-state index contributed by atoms with van der Waals surface area (Å²) in [7, 11) is 0. The molecular weight excluding hydrogens is 286 g/mol. The van der Waals surface area contributed by atoms with Crippen LogP contribution in [0, 0.1) is 0 Å². The van der Waals surface area contributed by atoms with E-state index < -0.39 is 0 Å². The summed E-state index contributed by atoms with van der Waals surface area (Å²) in [5.41, 5.74) is -0.0371. The van der Waals surface area contributed by atoms with Crippen LogP contribution in [0.15, 0.2) is 38.7 Å². The van der Waals surface area contributed by atoms with E-state index in [1.165, 1.54) is 6.07 Å². The molecule has 0 aromatic carbocycles. The Bertz CT molecular complexity index is 356. The van der Waals surface area contributed by atoms with Gasteiger partial charge in [0.05, 0.1) is 11.1 Å². The van der Waals surface area contributed by atoms with Crippen molar-refractivity contribution in [3.05, 3.63) is 44.2 Å². The number of allylic oxidation sites excluding steroid dienone is 1. The van der Waals surface area contributed by atoms with Crippen LogP contribution in [0.2, 0.25) is 0 Å². The molecule has 1 aromatic rings. The van der Waals surface area contributed by atoms with Crippen LogP contribution in [-0.4, -0.2) is 4.57 Å². The van der Waals surface area contributed by atoms with Gasteiger partial charge in [0.1, 0.15) is 0 Å². The highest BCUT2D eigenvalue weighted by Gasteiger charge is 1.99. The average molecular weight is 293 g/mol. The highest BCUT2D eigenvalue weighted by Crippen LogP contribution is 2.10. The van der Waals surface area contributed by atoms with Gasteiger partial charge in [-0.3, -0.25) is 9.36 Å². The zero-order valence-electron chi connectivity index (χ0n) is 6.26. The normalized spacial score (nSPS) is 9.83. The summed E-state index contributed by atoms with van der Waals surface area (Å²) in [5, 5.41) is 0. The first-order chi connectivity index (χ1) is 5.61. The summed E-state index contributed by atoms with van der Waals surface area (Å²) >= 11 is 6.48. The van der Waals surface area contributed by atoms with E-state index in [4.69, 9.17) is 0 Å². The summed E-state index contributed by atoms with van der Waals surface area (Å²) < 4.78 is 3.11. The fraction of sp³-hybridized carbons (Fsp3) is 0.125. The van der Waals surface area contributed by atoms with E-state index in [0.717, 1.165) is 9.09 Å². The number of rotatable bonds is 2. The van der Waals surface area contributed by atoms with Gasteiger partial charge in [0.2, 0.25) is 0 Å². The highest BCUT2D eigenvalue weighted by molar-refractivity contribution is 9.11. The topological polar surface area (TPSA) is 22.0 Å². The van der Waals surface area contributed by atoms with Crippen LogP contribution in [0.3, 0.4) is 0 Å². The van der Waals surface area contributed by atoms with Gasteiger partial charge < -0.3 is 0 Å². The molecule has 12 heavy (non-hydrogen) atoms. The van der Waals surface area contributed by atoms with Gasteiger partial charge in [-0.2, -0.15) is 0 Å². The third-order valence-electron chi connectivity index (χ3n) is 1.33. The van der Waals surface area contributed by atoms with E-state index in [-0.39, 0.29) is 5.56 Å². The van der Waals surface area contributed by atoms with Crippen LogP contribution >= 0.6 is 31.9 Å². The summed E-state index contributed by atoms with van der Waals surface area (Å²) in [6.07, 6.45) is 0. The van der Waals surface area contributed by atoms with Crippen molar-refractivity contribution in [3.8, 4) is 0 Å². The average Bonchev–Trinajstić information content (AvgIpc) is 1.97. The first kappa shape index (κ1) is 9.74. The summed E-state index contributed by atoms with van der Waals surface area (Å²) in [5.74, 6) is 0. The third kappa shape index (κ3) is 2.32. The standard InChI is InChI=1S/C8H7Br2NO/c1-6(9)5-11-7(10)3-2-4-8(11)12/h2-4H,1,5H2. The highest BCUT2D eigenvalue weighted by atomic mass is 79.9. The van der Waals surface area contributed by atoms with Gasteiger partial charge in [0.25, 0.3) is 5.56 Å². The summed E-state index contributed by atoms with van der Waals surface area (Å²) in [4.78, 5) is 11.2. The fourth-order valence-corrected chi connectivity index (χ4v) is 1.52. The molecule has 0 radical (unpaired) electrons. The van der Waals surface area contributed by atoms with Crippen LogP contribution in [-0.2, 0) is 6.54 Å². The van der Waals surface area contributed by atoms with Crippen molar-refractivity contribution >= 4 is 31.9 Å². The predicted molar refractivity (Wildman–Crippen MR) is 56.5 cm³/mol. The van der Waals surface area contributed by atoms with Crippen molar-refractivity contribution in [1.82, 2.24) is 4.57 Å². The van der Waals surface area contributed by atoms with E-state index in [9.17, 15) is 4.79 Å². The fourth-order valence-electron chi connectivity index (χ4n) is 0.820. The molecule has 1 heterocycles. The van der Waals surface area contributed by atoms with E-state index in [2.05, 4.69) is 38.4 Å². The second kappa shape index (κ2) is 4.05. The largest absolute Gasteiger partial charge is 0.298 e. The van der Waals surface area contributed by atoms with Gasteiger partial charge >= 0.3 is 0 Å². The van der Waals surface area contributed by atoms with Crippen LogP contribution < -0.4 is 5.56 Å². The molecule has 0 unspecified atom stereocenters. The number of hydrogen-bond acceptors (Lipinski definition) is 1. The predicted octanol–water partition coefficient (Wildman–Crippen LogP) is 2.52. The molecule has 0 fully saturated rings. The minimum atomic E-state index is -0.0371.